The molecule has 1 N–H and O–H groups in total. The van der Waals surface area contributed by atoms with Crippen LogP contribution in [0.15, 0.2) is 45.6 Å². The van der Waals surface area contributed by atoms with E-state index >= 15 is 0 Å². The van der Waals surface area contributed by atoms with Gasteiger partial charge in [-0.3, -0.25) is 4.79 Å². The van der Waals surface area contributed by atoms with Crippen LogP contribution in [0.25, 0.3) is 11.1 Å². The van der Waals surface area contributed by atoms with E-state index in [4.69, 9.17) is 4.42 Å². The largest absolute Gasteiger partial charge is 0.426 e. The Balaban J connectivity index is 2.47. The van der Waals surface area contributed by atoms with E-state index in [0.717, 1.165) is 4.57 Å². The van der Waals surface area contributed by atoms with Crippen LogP contribution in [0.5, 0.6) is 0 Å². The molecule has 0 radical (unpaired) electrons. The molecule has 2 atom stereocenters. The summed E-state index contributed by atoms with van der Waals surface area (Å²) >= 11 is 0. The van der Waals surface area contributed by atoms with Gasteiger partial charge in [-0.15, -0.1) is 0 Å². The van der Waals surface area contributed by atoms with Crippen molar-refractivity contribution in [2.75, 3.05) is 0 Å². The zero-order valence-corrected chi connectivity index (χ0v) is 10.7. The van der Waals surface area contributed by atoms with Crippen LogP contribution in [0, 0.1) is 5.92 Å². The van der Waals surface area contributed by atoms with E-state index in [1.165, 1.54) is 6.08 Å². The summed E-state index contributed by atoms with van der Waals surface area (Å²) < 4.78 is 5.96. The topological polar surface area (TPSA) is 72.4 Å². The summed E-state index contributed by atoms with van der Waals surface area (Å²) in [6, 6.07) is 6.69. The second kappa shape index (κ2) is 5.24. The van der Waals surface area contributed by atoms with Crippen molar-refractivity contribution in [2.24, 2.45) is 5.92 Å². The Kier molecular flexibility index (Phi) is 3.66. The minimum Gasteiger partial charge on any atom is -0.407 e. The molecule has 5 nitrogen and oxygen atoms in total. The van der Waals surface area contributed by atoms with Gasteiger partial charge in [0.25, 0.3) is 0 Å². The second-order valence-corrected chi connectivity index (χ2v) is 4.31. The quantitative estimate of drug-likeness (QED) is 0.855. The summed E-state index contributed by atoms with van der Waals surface area (Å²) in [6.07, 6.45) is 2.23. The molecule has 2 aromatic rings. The molecule has 1 heterocycles. The zero-order valence-electron chi connectivity index (χ0n) is 10.7. The van der Waals surface area contributed by atoms with Crippen molar-refractivity contribution < 1.29 is 14.3 Å². The van der Waals surface area contributed by atoms with Gasteiger partial charge in [0.1, 0.15) is 0 Å². The van der Waals surface area contributed by atoms with E-state index in [0.29, 0.717) is 11.1 Å². The van der Waals surface area contributed by atoms with Crippen molar-refractivity contribution in [3.63, 3.8) is 0 Å². The second-order valence-electron chi connectivity index (χ2n) is 4.31. The minimum atomic E-state index is -0.932. The number of hydrogen-bond donors (Lipinski definition) is 1. The highest BCUT2D eigenvalue weighted by Gasteiger charge is 2.25. The number of aliphatic hydroxyl groups excluding tert-OH is 1. The van der Waals surface area contributed by atoms with E-state index < -0.39 is 23.7 Å². The number of benzene rings is 1. The summed E-state index contributed by atoms with van der Waals surface area (Å²) in [5, 5.41) is 9.80. The lowest BCUT2D eigenvalue weighted by atomic mass is 10.0. The molecule has 0 spiro atoms. The molecule has 0 amide bonds. The van der Waals surface area contributed by atoms with Crippen LogP contribution < -0.4 is 5.76 Å². The Morgan fingerprint density at radius 2 is 2.11 bits per heavy atom. The molecule has 0 aliphatic heterocycles. The molecule has 5 heteroatoms. The van der Waals surface area contributed by atoms with E-state index in [1.807, 2.05) is 0 Å². The number of carbonyl (C=O) groups excluding carboxylic acids is 1. The third-order valence-electron chi connectivity index (χ3n) is 3.00. The molecule has 100 valence electrons. The summed E-state index contributed by atoms with van der Waals surface area (Å²) in [5.74, 6) is -1.94. The monoisotopic (exact) mass is 261 g/mol. The van der Waals surface area contributed by atoms with Crippen molar-refractivity contribution in [3.8, 4) is 0 Å². The maximum absolute atomic E-state index is 12.3. The standard InChI is InChI=1S/C14H15NO4/c1-3-6-11(16)9(2)13(17)15-10-7-4-5-8-12(10)19-14(15)18/h3-9,11,16H,1-2H3/b6-3+/t9-,11+/m0/s1. The van der Waals surface area contributed by atoms with Crippen molar-refractivity contribution in [3.05, 3.63) is 47.0 Å². The first-order chi connectivity index (χ1) is 9.06. The van der Waals surface area contributed by atoms with Gasteiger partial charge in [-0.2, -0.15) is 0 Å². The molecule has 1 aromatic carbocycles. The van der Waals surface area contributed by atoms with Crippen molar-refractivity contribution in [1.82, 2.24) is 4.57 Å². The molecule has 0 unspecified atom stereocenters. The fourth-order valence-electron chi connectivity index (χ4n) is 1.89. The SMILES string of the molecule is C/C=C/[C@@H](O)[C@H](C)C(=O)n1c(=O)oc2ccccc21. The van der Waals surface area contributed by atoms with Crippen LogP contribution >= 0.6 is 0 Å². The number of oxazole rings is 1. The van der Waals surface area contributed by atoms with Crippen LogP contribution in [-0.4, -0.2) is 21.7 Å². The molecular formula is C14H15NO4. The van der Waals surface area contributed by atoms with Gasteiger partial charge in [0, 0.05) is 0 Å². The molecule has 1 aromatic heterocycles. The number of hydrogen-bond acceptors (Lipinski definition) is 4. The smallest absolute Gasteiger partial charge is 0.407 e. The Labute approximate surface area is 109 Å². The third-order valence-corrected chi connectivity index (χ3v) is 3.00. The average Bonchev–Trinajstić information content (AvgIpc) is 2.73. The van der Waals surface area contributed by atoms with Crippen molar-refractivity contribution >= 4 is 17.0 Å². The van der Waals surface area contributed by atoms with Gasteiger partial charge in [-0.1, -0.05) is 31.2 Å². The lowest BCUT2D eigenvalue weighted by Gasteiger charge is -2.13. The van der Waals surface area contributed by atoms with Crippen LogP contribution in [0.3, 0.4) is 0 Å². The maximum Gasteiger partial charge on any atom is 0.426 e. The molecule has 0 fully saturated rings. The summed E-state index contributed by atoms with van der Waals surface area (Å²) in [4.78, 5) is 24.0. The molecule has 0 aliphatic carbocycles. The highest BCUT2D eigenvalue weighted by molar-refractivity contribution is 5.90. The van der Waals surface area contributed by atoms with Gasteiger partial charge in [0.2, 0.25) is 5.91 Å². The molecule has 0 aliphatic rings. The zero-order chi connectivity index (χ0) is 14.0. The average molecular weight is 261 g/mol. The fourth-order valence-corrected chi connectivity index (χ4v) is 1.89. The minimum absolute atomic E-state index is 0.355. The number of carbonyl (C=O) groups is 1. The molecule has 0 saturated heterocycles. The van der Waals surface area contributed by atoms with Crippen LogP contribution in [0.2, 0.25) is 0 Å². The Hall–Kier alpha value is -2.14. The first-order valence-corrected chi connectivity index (χ1v) is 6.02. The number of aliphatic hydroxyl groups is 1. The van der Waals surface area contributed by atoms with E-state index in [1.54, 1.807) is 44.2 Å². The van der Waals surface area contributed by atoms with E-state index in [-0.39, 0.29) is 0 Å². The van der Waals surface area contributed by atoms with E-state index in [2.05, 4.69) is 0 Å². The van der Waals surface area contributed by atoms with Gasteiger partial charge in [-0.25, -0.2) is 9.36 Å². The first-order valence-electron chi connectivity index (χ1n) is 6.02. The molecule has 0 saturated carbocycles. The van der Waals surface area contributed by atoms with Crippen molar-refractivity contribution in [1.29, 1.82) is 0 Å². The van der Waals surface area contributed by atoms with Crippen LogP contribution in [-0.2, 0) is 0 Å². The lowest BCUT2D eigenvalue weighted by Crippen LogP contribution is -2.33. The van der Waals surface area contributed by atoms with Gasteiger partial charge >= 0.3 is 5.76 Å². The number of fused-ring (bicyclic) bond motifs is 1. The predicted octanol–water partition coefficient (Wildman–Crippen LogP) is 1.81. The normalized spacial score (nSPS) is 14.9. The van der Waals surface area contributed by atoms with Gasteiger partial charge in [0.15, 0.2) is 5.58 Å². The molecule has 19 heavy (non-hydrogen) atoms. The van der Waals surface area contributed by atoms with Crippen LogP contribution in [0.4, 0.5) is 0 Å². The fraction of sp³-hybridized carbons (Fsp3) is 0.286. The Morgan fingerprint density at radius 1 is 1.42 bits per heavy atom. The highest BCUT2D eigenvalue weighted by Crippen LogP contribution is 2.15. The van der Waals surface area contributed by atoms with E-state index in [9.17, 15) is 14.7 Å². The predicted molar refractivity (Wildman–Crippen MR) is 71.1 cm³/mol. The van der Waals surface area contributed by atoms with Crippen LogP contribution in [0.1, 0.15) is 18.6 Å². The van der Waals surface area contributed by atoms with Crippen molar-refractivity contribution in [2.45, 2.75) is 20.0 Å². The summed E-state index contributed by atoms with van der Waals surface area (Å²) in [6.45, 7) is 3.32. The van der Waals surface area contributed by atoms with Gasteiger partial charge in [-0.05, 0) is 19.1 Å². The summed E-state index contributed by atoms with van der Waals surface area (Å²) in [5.41, 5.74) is 0.769. The highest BCUT2D eigenvalue weighted by atomic mass is 16.4. The molecule has 2 rings (SSSR count). The van der Waals surface area contributed by atoms with Gasteiger partial charge in [0.05, 0.1) is 17.5 Å². The third kappa shape index (κ3) is 2.37. The number of aromatic nitrogens is 1. The number of para-hydroxylation sites is 2. The maximum atomic E-state index is 12.3. The first kappa shape index (κ1) is 13.3. The Bertz CT molecular complexity index is 680. The number of nitrogens with zero attached hydrogens (tertiary/aromatic N) is 1. The Morgan fingerprint density at radius 3 is 2.79 bits per heavy atom. The van der Waals surface area contributed by atoms with Gasteiger partial charge < -0.3 is 9.52 Å². The molecule has 0 bridgehead atoms. The lowest BCUT2D eigenvalue weighted by molar-refractivity contribution is 0.0714. The number of rotatable bonds is 3. The number of allylic oxidation sites excluding steroid dienone is 1. The summed E-state index contributed by atoms with van der Waals surface area (Å²) in [7, 11) is 0. The molecular weight excluding hydrogens is 246 g/mol.